The molecule has 0 bridgehead atoms. The molecule has 12 heteroatoms. The van der Waals surface area contributed by atoms with E-state index in [-0.39, 0.29) is 21.1 Å². The Kier molecular flexibility index (Phi) is 6.89. The summed E-state index contributed by atoms with van der Waals surface area (Å²) in [6, 6.07) is 14.0. The molecular formula is C22H21N5O5S2. The van der Waals surface area contributed by atoms with Crippen LogP contribution in [0.5, 0.6) is 0 Å². The summed E-state index contributed by atoms with van der Waals surface area (Å²) in [5, 5.41) is 17.1. The third kappa shape index (κ3) is 5.24. The molecule has 2 N–H and O–H groups in total. The van der Waals surface area contributed by atoms with Crippen LogP contribution in [0.2, 0.25) is 0 Å². The molecule has 1 saturated heterocycles. The second-order valence-corrected chi connectivity index (χ2v) is 10.3. The Morgan fingerprint density at radius 2 is 1.88 bits per heavy atom. The van der Waals surface area contributed by atoms with E-state index in [9.17, 15) is 23.3 Å². The zero-order valence-corrected chi connectivity index (χ0v) is 19.5. The van der Waals surface area contributed by atoms with Crippen molar-refractivity contribution in [3.05, 3.63) is 81.2 Å². The summed E-state index contributed by atoms with van der Waals surface area (Å²) < 4.78 is 27.6. The quantitative estimate of drug-likeness (QED) is 0.275. The van der Waals surface area contributed by atoms with Gasteiger partial charge in [-0.1, -0.05) is 24.3 Å². The summed E-state index contributed by atoms with van der Waals surface area (Å²) in [5.41, 5.74) is 3.52. The molecule has 0 saturated carbocycles. The Morgan fingerprint density at radius 3 is 2.59 bits per heavy atom. The minimum absolute atomic E-state index is 0.0227. The van der Waals surface area contributed by atoms with Crippen LogP contribution in [0.25, 0.3) is 0 Å². The van der Waals surface area contributed by atoms with Gasteiger partial charge >= 0.3 is 0 Å². The number of anilines is 2. The molecule has 0 aliphatic carbocycles. The first-order chi connectivity index (χ1) is 16.3. The summed E-state index contributed by atoms with van der Waals surface area (Å²) >= 11 is 1.06. The minimum Gasteiger partial charge on any atom is -0.366 e. The van der Waals surface area contributed by atoms with Crippen molar-refractivity contribution in [2.24, 2.45) is 5.10 Å². The van der Waals surface area contributed by atoms with Crippen molar-refractivity contribution in [2.75, 3.05) is 22.7 Å². The number of hydrogen-bond donors (Lipinski definition) is 2. The molecule has 34 heavy (non-hydrogen) atoms. The zero-order valence-electron chi connectivity index (χ0n) is 17.9. The van der Waals surface area contributed by atoms with Crippen LogP contribution < -0.4 is 15.0 Å². The van der Waals surface area contributed by atoms with Crippen LogP contribution >= 0.6 is 11.3 Å². The van der Waals surface area contributed by atoms with E-state index in [1.54, 1.807) is 35.7 Å². The van der Waals surface area contributed by atoms with Gasteiger partial charge in [-0.3, -0.25) is 19.6 Å². The Hall–Kier alpha value is -3.77. The molecule has 1 aliphatic rings. The highest BCUT2D eigenvalue weighted by atomic mass is 32.2. The van der Waals surface area contributed by atoms with Gasteiger partial charge in [0.25, 0.3) is 21.6 Å². The predicted octanol–water partition coefficient (Wildman–Crippen LogP) is 3.82. The average Bonchev–Trinajstić information content (AvgIpc) is 3.54. The molecular weight excluding hydrogens is 478 g/mol. The smallest absolute Gasteiger partial charge is 0.293 e. The molecule has 1 aliphatic heterocycles. The van der Waals surface area contributed by atoms with Crippen LogP contribution in [0.15, 0.2) is 69.3 Å². The maximum atomic E-state index is 12.7. The second-order valence-electron chi connectivity index (χ2n) is 7.48. The first-order valence-corrected chi connectivity index (χ1v) is 12.7. The molecule has 1 amide bonds. The van der Waals surface area contributed by atoms with E-state index in [2.05, 4.69) is 15.2 Å². The first-order valence-electron chi connectivity index (χ1n) is 10.4. The molecule has 10 nitrogen and oxygen atoms in total. The van der Waals surface area contributed by atoms with E-state index in [1.807, 2.05) is 4.90 Å². The molecule has 176 valence electrons. The number of thiophene rings is 1. The number of carbonyl (C=O) groups excluding carboxylic acids is 1. The van der Waals surface area contributed by atoms with Gasteiger partial charge in [0.1, 0.15) is 9.90 Å². The SMILES string of the molecule is O=C(N/N=C/c1ccc(N2CCCC2)c([N+](=O)[O-])c1)c1ccccc1NS(=O)(=O)c1cccs1. The molecule has 3 aromatic rings. The van der Waals surface area contributed by atoms with Crippen LogP contribution in [-0.2, 0) is 10.0 Å². The van der Waals surface area contributed by atoms with Gasteiger partial charge in [0.15, 0.2) is 0 Å². The number of sulfonamides is 1. The number of benzene rings is 2. The number of hydrazone groups is 1. The fraction of sp³-hybridized carbons (Fsp3) is 0.182. The van der Waals surface area contributed by atoms with Crippen LogP contribution in [0.1, 0.15) is 28.8 Å². The highest BCUT2D eigenvalue weighted by molar-refractivity contribution is 7.94. The number of carbonyl (C=O) groups is 1. The van der Waals surface area contributed by atoms with Gasteiger partial charge in [-0.2, -0.15) is 5.10 Å². The maximum Gasteiger partial charge on any atom is 0.293 e. The topological polar surface area (TPSA) is 134 Å². The fourth-order valence-corrected chi connectivity index (χ4v) is 5.67. The van der Waals surface area contributed by atoms with Crippen molar-refractivity contribution in [2.45, 2.75) is 17.1 Å². The van der Waals surface area contributed by atoms with Gasteiger partial charge in [0, 0.05) is 24.7 Å². The summed E-state index contributed by atoms with van der Waals surface area (Å²) in [6.45, 7) is 1.56. The Bertz CT molecular complexity index is 1330. The molecule has 1 aromatic heterocycles. The number of nitrogens with zero attached hydrogens (tertiary/aromatic N) is 3. The van der Waals surface area contributed by atoms with Gasteiger partial charge in [0.05, 0.1) is 22.4 Å². The molecule has 1 fully saturated rings. The first kappa shape index (κ1) is 23.4. The normalized spacial score (nSPS) is 13.8. The second kappa shape index (κ2) is 10.0. The monoisotopic (exact) mass is 499 g/mol. The standard InChI is InChI=1S/C22H21N5O5S2/c28-22(17-6-1-2-7-18(17)25-34(31,32)21-8-5-13-33-21)24-23-15-16-9-10-19(20(14-16)27(29)30)26-11-3-4-12-26/h1-2,5-10,13-15,25H,3-4,11-12H2,(H,24,28)/b23-15+. The van der Waals surface area contributed by atoms with E-state index in [0.29, 0.717) is 11.3 Å². The number of nitrogens with one attached hydrogen (secondary N) is 2. The van der Waals surface area contributed by atoms with E-state index >= 15 is 0 Å². The van der Waals surface area contributed by atoms with E-state index < -0.39 is 20.9 Å². The number of amides is 1. The Balaban J connectivity index is 1.49. The largest absolute Gasteiger partial charge is 0.366 e. The molecule has 2 aromatic carbocycles. The number of nitro groups is 1. The zero-order chi connectivity index (χ0) is 24.1. The summed E-state index contributed by atoms with van der Waals surface area (Å²) in [5.74, 6) is -0.635. The summed E-state index contributed by atoms with van der Waals surface area (Å²) in [4.78, 5) is 25.8. The van der Waals surface area contributed by atoms with Crippen LogP contribution in [0, 0.1) is 10.1 Å². The number of rotatable bonds is 8. The maximum absolute atomic E-state index is 12.7. The van der Waals surface area contributed by atoms with Crippen LogP contribution in [0.4, 0.5) is 17.1 Å². The van der Waals surface area contributed by atoms with Crippen molar-refractivity contribution < 1.29 is 18.1 Å². The highest BCUT2D eigenvalue weighted by Gasteiger charge is 2.22. The molecule has 2 heterocycles. The predicted molar refractivity (Wildman–Crippen MR) is 131 cm³/mol. The molecule has 0 unspecified atom stereocenters. The third-order valence-electron chi connectivity index (χ3n) is 5.20. The lowest BCUT2D eigenvalue weighted by Crippen LogP contribution is -2.21. The summed E-state index contributed by atoms with van der Waals surface area (Å²) in [6.07, 6.45) is 3.30. The van der Waals surface area contributed by atoms with Crippen molar-refractivity contribution in [3.8, 4) is 0 Å². The Labute approximate surface area is 200 Å². The lowest BCUT2D eigenvalue weighted by atomic mass is 10.1. The molecule has 0 spiro atoms. The van der Waals surface area contributed by atoms with Gasteiger partial charge in [-0.05, 0) is 42.5 Å². The van der Waals surface area contributed by atoms with Gasteiger partial charge in [-0.25, -0.2) is 13.8 Å². The van der Waals surface area contributed by atoms with Gasteiger partial charge in [-0.15, -0.1) is 11.3 Å². The average molecular weight is 500 g/mol. The van der Waals surface area contributed by atoms with Crippen molar-refractivity contribution in [3.63, 3.8) is 0 Å². The van der Waals surface area contributed by atoms with E-state index in [4.69, 9.17) is 0 Å². The molecule has 0 atom stereocenters. The number of hydrogen-bond acceptors (Lipinski definition) is 8. The van der Waals surface area contributed by atoms with Crippen molar-refractivity contribution >= 4 is 50.5 Å². The molecule has 0 radical (unpaired) electrons. The minimum atomic E-state index is -3.83. The van der Waals surface area contributed by atoms with Gasteiger partial charge in [0.2, 0.25) is 0 Å². The van der Waals surface area contributed by atoms with E-state index in [1.165, 1.54) is 30.5 Å². The van der Waals surface area contributed by atoms with Crippen LogP contribution in [-0.4, -0.2) is 38.6 Å². The van der Waals surface area contributed by atoms with Crippen molar-refractivity contribution in [1.29, 1.82) is 0 Å². The van der Waals surface area contributed by atoms with Crippen molar-refractivity contribution in [1.82, 2.24) is 5.43 Å². The highest BCUT2D eigenvalue weighted by Crippen LogP contribution is 2.31. The fourth-order valence-electron chi connectivity index (χ4n) is 3.60. The number of para-hydroxylation sites is 1. The third-order valence-corrected chi connectivity index (χ3v) is 7.96. The van der Waals surface area contributed by atoms with Gasteiger partial charge < -0.3 is 4.90 Å². The molecule has 4 rings (SSSR count). The van der Waals surface area contributed by atoms with Crippen LogP contribution in [0.3, 0.4) is 0 Å². The van der Waals surface area contributed by atoms with E-state index in [0.717, 1.165) is 37.3 Å². The number of nitro benzene ring substituents is 1. The lowest BCUT2D eigenvalue weighted by Gasteiger charge is -2.17. The summed E-state index contributed by atoms with van der Waals surface area (Å²) in [7, 11) is -3.83. The lowest BCUT2D eigenvalue weighted by molar-refractivity contribution is -0.384. The Morgan fingerprint density at radius 1 is 1.12 bits per heavy atom.